The number of aryl methyl sites for hydroxylation is 1. The molecule has 5 nitrogen and oxygen atoms in total. The first-order valence-electron chi connectivity index (χ1n) is 7.45. The van der Waals surface area contributed by atoms with E-state index >= 15 is 0 Å². The molecular weight excluding hydrogens is 262 g/mol. The van der Waals surface area contributed by atoms with Crippen molar-refractivity contribution in [2.24, 2.45) is 7.05 Å². The van der Waals surface area contributed by atoms with Crippen LogP contribution in [0.3, 0.4) is 0 Å². The van der Waals surface area contributed by atoms with Gasteiger partial charge in [-0.3, -0.25) is 4.68 Å². The summed E-state index contributed by atoms with van der Waals surface area (Å²) in [5.74, 6) is 1.63. The third kappa shape index (κ3) is 3.40. The summed E-state index contributed by atoms with van der Waals surface area (Å²) < 4.78 is 1.85. The SMILES string of the molecule is CCCNc1cc(C(C)(C)C)nc(-c2cnn(C)c2C)n1. The quantitative estimate of drug-likeness (QED) is 0.937. The van der Waals surface area contributed by atoms with Crippen LogP contribution < -0.4 is 5.32 Å². The summed E-state index contributed by atoms with van der Waals surface area (Å²) in [6, 6.07) is 2.05. The van der Waals surface area contributed by atoms with E-state index in [9.17, 15) is 0 Å². The van der Waals surface area contributed by atoms with Gasteiger partial charge in [0.2, 0.25) is 0 Å². The lowest BCUT2D eigenvalue weighted by atomic mass is 9.92. The fraction of sp³-hybridized carbons (Fsp3) is 0.562. The molecule has 0 spiro atoms. The normalized spacial score (nSPS) is 11.7. The van der Waals surface area contributed by atoms with Crippen LogP contribution in [0.5, 0.6) is 0 Å². The van der Waals surface area contributed by atoms with Crippen LogP contribution in [0.4, 0.5) is 5.82 Å². The van der Waals surface area contributed by atoms with Crippen LogP contribution >= 0.6 is 0 Å². The molecule has 0 bridgehead atoms. The summed E-state index contributed by atoms with van der Waals surface area (Å²) in [4.78, 5) is 9.41. The van der Waals surface area contributed by atoms with Gasteiger partial charge in [0.25, 0.3) is 0 Å². The van der Waals surface area contributed by atoms with Crippen molar-refractivity contribution in [1.82, 2.24) is 19.7 Å². The van der Waals surface area contributed by atoms with Crippen molar-refractivity contribution in [3.05, 3.63) is 23.7 Å². The topological polar surface area (TPSA) is 55.6 Å². The summed E-state index contributed by atoms with van der Waals surface area (Å²) >= 11 is 0. The number of aromatic nitrogens is 4. The highest BCUT2D eigenvalue weighted by molar-refractivity contribution is 5.59. The second kappa shape index (κ2) is 5.84. The summed E-state index contributed by atoms with van der Waals surface area (Å²) in [7, 11) is 1.93. The molecular formula is C16H25N5. The Hall–Kier alpha value is -1.91. The Bertz CT molecular complexity index is 622. The maximum Gasteiger partial charge on any atom is 0.165 e. The molecule has 0 saturated carbocycles. The van der Waals surface area contributed by atoms with Crippen LogP contribution in [0.25, 0.3) is 11.4 Å². The van der Waals surface area contributed by atoms with Gasteiger partial charge < -0.3 is 5.32 Å². The molecule has 0 fully saturated rings. The predicted octanol–water partition coefficient (Wildman–Crippen LogP) is 3.30. The molecule has 114 valence electrons. The third-order valence-corrected chi connectivity index (χ3v) is 3.53. The van der Waals surface area contributed by atoms with E-state index in [1.165, 1.54) is 0 Å². The van der Waals surface area contributed by atoms with Crippen LogP contribution in [0.1, 0.15) is 45.5 Å². The average Bonchev–Trinajstić information content (AvgIpc) is 2.75. The molecule has 0 radical (unpaired) electrons. The van der Waals surface area contributed by atoms with E-state index in [0.29, 0.717) is 0 Å². The molecule has 5 heteroatoms. The molecule has 0 amide bonds. The molecule has 2 aromatic rings. The van der Waals surface area contributed by atoms with Gasteiger partial charge >= 0.3 is 0 Å². The lowest BCUT2D eigenvalue weighted by Gasteiger charge is -2.19. The van der Waals surface area contributed by atoms with Gasteiger partial charge in [-0.25, -0.2) is 9.97 Å². The molecule has 0 aliphatic heterocycles. The van der Waals surface area contributed by atoms with Gasteiger partial charge in [-0.05, 0) is 13.3 Å². The molecule has 0 aromatic carbocycles. The van der Waals surface area contributed by atoms with E-state index in [1.807, 2.05) is 30.9 Å². The van der Waals surface area contributed by atoms with Gasteiger partial charge in [0.1, 0.15) is 5.82 Å². The first-order chi connectivity index (χ1) is 9.82. The summed E-state index contributed by atoms with van der Waals surface area (Å²) in [6.45, 7) is 11.6. The van der Waals surface area contributed by atoms with Crippen molar-refractivity contribution < 1.29 is 0 Å². The molecule has 2 aromatic heterocycles. The molecule has 0 unspecified atom stereocenters. The number of nitrogens with zero attached hydrogens (tertiary/aromatic N) is 4. The summed E-state index contributed by atoms with van der Waals surface area (Å²) in [5, 5.41) is 7.66. The minimum atomic E-state index is -0.0174. The lowest BCUT2D eigenvalue weighted by Crippen LogP contribution is -2.16. The molecule has 1 N–H and O–H groups in total. The maximum atomic E-state index is 4.75. The summed E-state index contributed by atoms with van der Waals surface area (Å²) in [6.07, 6.45) is 2.90. The van der Waals surface area contributed by atoms with Gasteiger partial charge in [-0.15, -0.1) is 0 Å². The smallest absolute Gasteiger partial charge is 0.165 e. The highest BCUT2D eigenvalue weighted by Gasteiger charge is 2.20. The molecule has 2 rings (SSSR count). The minimum Gasteiger partial charge on any atom is -0.370 e. The third-order valence-electron chi connectivity index (χ3n) is 3.53. The Kier molecular flexibility index (Phi) is 4.30. The van der Waals surface area contributed by atoms with Gasteiger partial charge in [-0.1, -0.05) is 27.7 Å². The monoisotopic (exact) mass is 287 g/mol. The Morgan fingerprint density at radius 1 is 1.24 bits per heavy atom. The van der Waals surface area contributed by atoms with Crippen molar-refractivity contribution in [3.63, 3.8) is 0 Å². The zero-order chi connectivity index (χ0) is 15.6. The largest absolute Gasteiger partial charge is 0.370 e. The first-order valence-corrected chi connectivity index (χ1v) is 7.45. The van der Waals surface area contributed by atoms with E-state index in [-0.39, 0.29) is 5.41 Å². The molecule has 0 saturated heterocycles. The van der Waals surface area contributed by atoms with Gasteiger partial charge in [-0.2, -0.15) is 5.10 Å². The number of nitrogens with one attached hydrogen (secondary N) is 1. The highest BCUT2D eigenvalue weighted by atomic mass is 15.3. The molecule has 0 aliphatic carbocycles. The molecule has 0 aliphatic rings. The van der Waals surface area contributed by atoms with E-state index in [2.05, 4.69) is 43.1 Å². The van der Waals surface area contributed by atoms with E-state index < -0.39 is 0 Å². The first kappa shape index (κ1) is 15.5. The van der Waals surface area contributed by atoms with Gasteiger partial charge in [0.15, 0.2) is 5.82 Å². The Morgan fingerprint density at radius 2 is 1.95 bits per heavy atom. The van der Waals surface area contributed by atoms with Gasteiger partial charge in [0, 0.05) is 30.8 Å². The average molecular weight is 287 g/mol. The highest BCUT2D eigenvalue weighted by Crippen LogP contribution is 2.27. The lowest BCUT2D eigenvalue weighted by molar-refractivity contribution is 0.568. The Morgan fingerprint density at radius 3 is 2.48 bits per heavy atom. The van der Waals surface area contributed by atoms with Crippen LogP contribution in [-0.2, 0) is 12.5 Å². The van der Waals surface area contributed by atoms with Crippen molar-refractivity contribution in [2.45, 2.75) is 46.5 Å². The second-order valence-corrected chi connectivity index (χ2v) is 6.41. The number of anilines is 1. The number of rotatable bonds is 4. The van der Waals surface area contributed by atoms with Crippen LogP contribution in [-0.4, -0.2) is 26.3 Å². The fourth-order valence-electron chi connectivity index (χ4n) is 2.01. The maximum absolute atomic E-state index is 4.75. The van der Waals surface area contributed by atoms with Crippen LogP contribution in [0.15, 0.2) is 12.3 Å². The standard InChI is InChI=1S/C16H25N5/c1-7-8-17-14-9-13(16(3,4)5)19-15(20-14)12-10-18-21(6)11(12)2/h9-10H,7-8H2,1-6H3,(H,17,19,20). The Balaban J connectivity index is 2.52. The Labute approximate surface area is 126 Å². The van der Waals surface area contributed by atoms with E-state index in [4.69, 9.17) is 4.98 Å². The van der Waals surface area contributed by atoms with E-state index in [0.717, 1.165) is 41.6 Å². The predicted molar refractivity (Wildman–Crippen MR) is 86.5 cm³/mol. The van der Waals surface area contributed by atoms with Crippen molar-refractivity contribution in [1.29, 1.82) is 0 Å². The molecule has 21 heavy (non-hydrogen) atoms. The zero-order valence-corrected chi connectivity index (χ0v) is 13.9. The molecule has 0 atom stereocenters. The van der Waals surface area contributed by atoms with Crippen LogP contribution in [0.2, 0.25) is 0 Å². The minimum absolute atomic E-state index is 0.0174. The second-order valence-electron chi connectivity index (χ2n) is 6.41. The van der Waals surface area contributed by atoms with Crippen molar-refractivity contribution in [3.8, 4) is 11.4 Å². The van der Waals surface area contributed by atoms with Crippen LogP contribution in [0, 0.1) is 6.92 Å². The van der Waals surface area contributed by atoms with Gasteiger partial charge in [0.05, 0.1) is 17.5 Å². The fourth-order valence-corrected chi connectivity index (χ4v) is 2.01. The number of hydrogen-bond donors (Lipinski definition) is 1. The van der Waals surface area contributed by atoms with Crippen molar-refractivity contribution in [2.75, 3.05) is 11.9 Å². The zero-order valence-electron chi connectivity index (χ0n) is 13.9. The summed E-state index contributed by atoms with van der Waals surface area (Å²) in [5.41, 5.74) is 3.08. The molecule has 2 heterocycles. The van der Waals surface area contributed by atoms with E-state index in [1.54, 1.807) is 0 Å². The number of hydrogen-bond acceptors (Lipinski definition) is 4. The van der Waals surface area contributed by atoms with Crippen molar-refractivity contribution >= 4 is 5.82 Å².